The molecular formula is C15H16N2O. The van der Waals surface area contributed by atoms with Crippen molar-refractivity contribution in [1.29, 1.82) is 0 Å². The topological polar surface area (TPSA) is 42.0 Å². The molecule has 1 amide bonds. The fourth-order valence-corrected chi connectivity index (χ4v) is 1.77. The van der Waals surface area contributed by atoms with Crippen LogP contribution in [0, 0.1) is 0 Å². The van der Waals surface area contributed by atoms with Crippen LogP contribution < -0.4 is 5.32 Å². The highest BCUT2D eigenvalue weighted by Gasteiger charge is 2.05. The lowest BCUT2D eigenvalue weighted by Gasteiger charge is -2.06. The van der Waals surface area contributed by atoms with Crippen molar-refractivity contribution < 1.29 is 4.79 Å². The summed E-state index contributed by atoms with van der Waals surface area (Å²) in [6.07, 6.45) is 4.44. The first kappa shape index (κ1) is 12.3. The second-order valence-corrected chi connectivity index (χ2v) is 4.17. The van der Waals surface area contributed by atoms with E-state index in [0.717, 1.165) is 28.6 Å². The minimum absolute atomic E-state index is 0.0751. The molecule has 0 saturated heterocycles. The van der Waals surface area contributed by atoms with Gasteiger partial charge in [0.1, 0.15) is 0 Å². The number of aromatic nitrogens is 1. The number of nitrogens with zero attached hydrogens (tertiary/aromatic N) is 1. The van der Waals surface area contributed by atoms with E-state index >= 15 is 0 Å². The highest BCUT2D eigenvalue weighted by molar-refractivity contribution is 6.03. The van der Waals surface area contributed by atoms with Gasteiger partial charge >= 0.3 is 0 Å². The molecule has 0 aliphatic heterocycles. The van der Waals surface area contributed by atoms with Crippen molar-refractivity contribution in [3.05, 3.63) is 48.2 Å². The standard InChI is InChI=1S/C15H16N2O/c1-3-6-11(2)15(18)17-13-9-12-7-4-5-8-14(12)16-10-13/h4-10H,3H2,1-2H3,(H,17,18). The van der Waals surface area contributed by atoms with Crippen LogP contribution in [-0.4, -0.2) is 10.9 Å². The SMILES string of the molecule is CCC=C(C)C(=O)Nc1cnc2ccccc2c1. The molecule has 0 saturated carbocycles. The Kier molecular flexibility index (Phi) is 3.72. The van der Waals surface area contributed by atoms with Crippen molar-refractivity contribution in [3.8, 4) is 0 Å². The first-order chi connectivity index (χ1) is 8.70. The summed E-state index contributed by atoms with van der Waals surface area (Å²) in [7, 11) is 0. The number of carbonyl (C=O) groups excluding carboxylic acids is 1. The van der Waals surface area contributed by atoms with E-state index < -0.39 is 0 Å². The second kappa shape index (κ2) is 5.45. The van der Waals surface area contributed by atoms with Gasteiger partial charge in [-0.3, -0.25) is 9.78 Å². The smallest absolute Gasteiger partial charge is 0.251 e. The van der Waals surface area contributed by atoms with Crippen molar-refractivity contribution in [2.45, 2.75) is 20.3 Å². The first-order valence-corrected chi connectivity index (χ1v) is 6.03. The summed E-state index contributed by atoms with van der Waals surface area (Å²) in [5, 5.41) is 3.87. The van der Waals surface area contributed by atoms with Crippen LogP contribution in [0.25, 0.3) is 10.9 Å². The summed E-state index contributed by atoms with van der Waals surface area (Å²) in [6, 6.07) is 9.76. The van der Waals surface area contributed by atoms with Gasteiger partial charge in [-0.2, -0.15) is 0 Å². The molecule has 2 aromatic rings. The van der Waals surface area contributed by atoms with Crippen molar-refractivity contribution in [3.63, 3.8) is 0 Å². The summed E-state index contributed by atoms with van der Waals surface area (Å²) in [4.78, 5) is 16.1. The van der Waals surface area contributed by atoms with Gasteiger partial charge in [0.2, 0.25) is 0 Å². The minimum atomic E-state index is -0.0751. The lowest BCUT2D eigenvalue weighted by molar-refractivity contribution is -0.112. The summed E-state index contributed by atoms with van der Waals surface area (Å²) < 4.78 is 0. The maximum atomic E-state index is 11.8. The number of carbonyl (C=O) groups is 1. The maximum Gasteiger partial charge on any atom is 0.251 e. The van der Waals surface area contributed by atoms with Gasteiger partial charge in [0.15, 0.2) is 0 Å². The van der Waals surface area contributed by atoms with E-state index in [1.165, 1.54) is 0 Å². The van der Waals surface area contributed by atoms with Crippen LogP contribution in [0.3, 0.4) is 0 Å². The van der Waals surface area contributed by atoms with Crippen LogP contribution in [-0.2, 0) is 4.79 Å². The molecule has 1 N–H and O–H groups in total. The number of allylic oxidation sites excluding steroid dienone is 1. The van der Waals surface area contributed by atoms with Gasteiger partial charge in [-0.1, -0.05) is 31.2 Å². The van der Waals surface area contributed by atoms with E-state index in [9.17, 15) is 4.79 Å². The van der Waals surface area contributed by atoms with E-state index in [1.54, 1.807) is 6.20 Å². The Morgan fingerprint density at radius 3 is 2.94 bits per heavy atom. The van der Waals surface area contributed by atoms with Crippen LogP contribution in [0.1, 0.15) is 20.3 Å². The van der Waals surface area contributed by atoms with E-state index in [-0.39, 0.29) is 5.91 Å². The van der Waals surface area contributed by atoms with Gasteiger partial charge in [-0.05, 0) is 25.5 Å². The number of hydrogen-bond donors (Lipinski definition) is 1. The van der Waals surface area contributed by atoms with Gasteiger partial charge in [0, 0.05) is 11.0 Å². The number of rotatable bonds is 3. The van der Waals surface area contributed by atoms with Crippen molar-refractivity contribution in [1.82, 2.24) is 4.98 Å². The predicted molar refractivity (Wildman–Crippen MR) is 74.4 cm³/mol. The van der Waals surface area contributed by atoms with Crippen LogP contribution in [0.5, 0.6) is 0 Å². The Morgan fingerprint density at radius 2 is 2.17 bits per heavy atom. The zero-order chi connectivity index (χ0) is 13.0. The third kappa shape index (κ3) is 2.74. The summed E-state index contributed by atoms with van der Waals surface area (Å²) in [6.45, 7) is 3.82. The van der Waals surface area contributed by atoms with Gasteiger partial charge in [0.25, 0.3) is 5.91 Å². The third-order valence-electron chi connectivity index (χ3n) is 2.72. The number of hydrogen-bond acceptors (Lipinski definition) is 2. The van der Waals surface area contributed by atoms with E-state index in [0.29, 0.717) is 0 Å². The fraction of sp³-hybridized carbons (Fsp3) is 0.200. The minimum Gasteiger partial charge on any atom is -0.321 e. The molecule has 3 heteroatoms. The van der Waals surface area contributed by atoms with Crippen LogP contribution in [0.15, 0.2) is 48.2 Å². The molecule has 0 bridgehead atoms. The molecule has 92 valence electrons. The fourth-order valence-electron chi connectivity index (χ4n) is 1.77. The second-order valence-electron chi connectivity index (χ2n) is 4.17. The Bertz CT molecular complexity index is 602. The molecule has 3 nitrogen and oxygen atoms in total. The Hall–Kier alpha value is -2.16. The van der Waals surface area contributed by atoms with E-state index in [4.69, 9.17) is 0 Å². The van der Waals surface area contributed by atoms with Crippen LogP contribution in [0.4, 0.5) is 5.69 Å². The van der Waals surface area contributed by atoms with Crippen molar-refractivity contribution in [2.75, 3.05) is 5.32 Å². The monoisotopic (exact) mass is 240 g/mol. The first-order valence-electron chi connectivity index (χ1n) is 6.03. The molecule has 0 unspecified atom stereocenters. The molecule has 0 spiro atoms. The quantitative estimate of drug-likeness (QED) is 0.834. The number of fused-ring (bicyclic) bond motifs is 1. The molecule has 0 radical (unpaired) electrons. The molecule has 0 aliphatic rings. The lowest BCUT2D eigenvalue weighted by Crippen LogP contribution is -2.12. The number of para-hydroxylation sites is 1. The van der Waals surface area contributed by atoms with Gasteiger partial charge in [-0.15, -0.1) is 0 Å². The number of nitrogens with one attached hydrogen (secondary N) is 1. The maximum absolute atomic E-state index is 11.8. The van der Waals surface area contributed by atoms with Crippen LogP contribution >= 0.6 is 0 Å². The van der Waals surface area contributed by atoms with Crippen LogP contribution in [0.2, 0.25) is 0 Å². The average molecular weight is 240 g/mol. The van der Waals surface area contributed by atoms with Gasteiger partial charge in [-0.25, -0.2) is 0 Å². The molecule has 0 aliphatic carbocycles. The molecule has 1 aromatic heterocycles. The van der Waals surface area contributed by atoms with Gasteiger partial charge < -0.3 is 5.32 Å². The largest absolute Gasteiger partial charge is 0.321 e. The molecular weight excluding hydrogens is 224 g/mol. The molecule has 2 rings (SSSR count). The zero-order valence-corrected chi connectivity index (χ0v) is 10.6. The predicted octanol–water partition coefficient (Wildman–Crippen LogP) is 3.53. The highest BCUT2D eigenvalue weighted by atomic mass is 16.1. The third-order valence-corrected chi connectivity index (χ3v) is 2.72. The van der Waals surface area contributed by atoms with E-state index in [2.05, 4.69) is 10.3 Å². The lowest BCUT2D eigenvalue weighted by atomic mass is 10.2. The normalized spacial score (nSPS) is 11.6. The molecule has 18 heavy (non-hydrogen) atoms. The number of pyridine rings is 1. The Morgan fingerprint density at radius 1 is 1.39 bits per heavy atom. The van der Waals surface area contributed by atoms with E-state index in [1.807, 2.05) is 50.3 Å². The molecule has 1 aromatic carbocycles. The van der Waals surface area contributed by atoms with Crippen molar-refractivity contribution >= 4 is 22.5 Å². The number of benzene rings is 1. The van der Waals surface area contributed by atoms with Gasteiger partial charge in [0.05, 0.1) is 17.4 Å². The molecule has 0 atom stereocenters. The molecule has 0 fully saturated rings. The number of anilines is 1. The average Bonchev–Trinajstić information content (AvgIpc) is 2.39. The zero-order valence-electron chi connectivity index (χ0n) is 10.6. The highest BCUT2D eigenvalue weighted by Crippen LogP contribution is 2.16. The van der Waals surface area contributed by atoms with Crippen molar-refractivity contribution in [2.24, 2.45) is 0 Å². The summed E-state index contributed by atoms with van der Waals surface area (Å²) in [5.74, 6) is -0.0751. The summed E-state index contributed by atoms with van der Waals surface area (Å²) in [5.41, 5.74) is 2.38. The molecule has 1 heterocycles. The Balaban J connectivity index is 2.22. The Labute approximate surface area is 107 Å². The number of amides is 1. The summed E-state index contributed by atoms with van der Waals surface area (Å²) >= 11 is 0.